The maximum Gasteiger partial charge on any atom is 0.303 e. The summed E-state index contributed by atoms with van der Waals surface area (Å²) in [5.74, 6) is 1.29. The third-order valence-corrected chi connectivity index (χ3v) is 3.09. The van der Waals surface area contributed by atoms with Crippen molar-refractivity contribution in [1.29, 1.82) is 0 Å². The van der Waals surface area contributed by atoms with Crippen LogP contribution in [0.25, 0.3) is 0 Å². The normalized spacial score (nSPS) is 16.7. The molecule has 1 N–H and O–H groups in total. The van der Waals surface area contributed by atoms with E-state index in [1.54, 1.807) is 0 Å². The quantitative estimate of drug-likeness (QED) is 0.757. The highest BCUT2D eigenvalue weighted by molar-refractivity contribution is 7.99. The molecule has 0 bridgehead atoms. The van der Waals surface area contributed by atoms with E-state index < -0.39 is 5.97 Å². The lowest BCUT2D eigenvalue weighted by molar-refractivity contribution is -0.137. The number of hydrogen-bond acceptors (Lipinski definition) is 3. The van der Waals surface area contributed by atoms with Crippen LogP contribution in [0.2, 0.25) is 0 Å². The van der Waals surface area contributed by atoms with Crippen LogP contribution in [0, 0.1) is 0 Å². The van der Waals surface area contributed by atoms with E-state index >= 15 is 0 Å². The minimum Gasteiger partial charge on any atom is -0.481 e. The molecule has 5 heteroatoms. The van der Waals surface area contributed by atoms with Crippen LogP contribution >= 0.6 is 11.8 Å². The van der Waals surface area contributed by atoms with Gasteiger partial charge in [-0.2, -0.15) is 11.8 Å². The Morgan fingerprint density at radius 2 is 1.86 bits per heavy atom. The second-order valence-electron chi connectivity index (χ2n) is 3.24. The molecule has 1 amide bonds. The largest absolute Gasteiger partial charge is 0.481 e. The number of rotatable bonds is 4. The van der Waals surface area contributed by atoms with E-state index in [2.05, 4.69) is 0 Å². The second kappa shape index (κ2) is 5.90. The summed E-state index contributed by atoms with van der Waals surface area (Å²) in [4.78, 5) is 23.6. The first-order valence-electron chi connectivity index (χ1n) is 4.77. The average Bonchev–Trinajstić information content (AvgIpc) is 2.18. The summed E-state index contributed by atoms with van der Waals surface area (Å²) in [6, 6.07) is 0. The van der Waals surface area contributed by atoms with Crippen molar-refractivity contribution in [2.24, 2.45) is 0 Å². The molecular weight excluding hydrogens is 202 g/mol. The summed E-state index contributed by atoms with van der Waals surface area (Å²) in [5, 5.41) is 8.41. The zero-order valence-electron chi connectivity index (χ0n) is 8.07. The van der Waals surface area contributed by atoms with E-state index in [0.29, 0.717) is 12.8 Å². The predicted octanol–water partition coefficient (Wildman–Crippen LogP) is 0.817. The number of carbonyl (C=O) groups is 2. The van der Waals surface area contributed by atoms with E-state index in [1.807, 2.05) is 16.7 Å². The molecule has 0 aliphatic carbocycles. The number of hydrogen-bond donors (Lipinski definition) is 1. The van der Waals surface area contributed by atoms with Crippen molar-refractivity contribution in [3.63, 3.8) is 0 Å². The third kappa shape index (κ3) is 4.00. The van der Waals surface area contributed by atoms with Gasteiger partial charge >= 0.3 is 5.97 Å². The Hall–Kier alpha value is -0.710. The number of carboxylic acid groups (broad SMARTS) is 1. The van der Waals surface area contributed by atoms with Crippen LogP contribution in [0.3, 0.4) is 0 Å². The molecule has 80 valence electrons. The molecule has 0 saturated carbocycles. The molecule has 1 aliphatic rings. The van der Waals surface area contributed by atoms with Gasteiger partial charge < -0.3 is 10.0 Å². The Kier molecular flexibility index (Phi) is 4.79. The van der Waals surface area contributed by atoms with Crippen LogP contribution in [-0.4, -0.2) is 46.5 Å². The zero-order valence-corrected chi connectivity index (χ0v) is 8.89. The molecular formula is C9H15NO3S. The molecule has 1 fully saturated rings. The van der Waals surface area contributed by atoms with Gasteiger partial charge in [-0.15, -0.1) is 0 Å². The summed E-state index contributed by atoms with van der Waals surface area (Å²) in [6.07, 6.45) is 0.920. The van der Waals surface area contributed by atoms with Crippen molar-refractivity contribution in [3.8, 4) is 0 Å². The van der Waals surface area contributed by atoms with Gasteiger partial charge in [-0.25, -0.2) is 0 Å². The number of thioether (sulfide) groups is 1. The van der Waals surface area contributed by atoms with Crippen LogP contribution in [0.1, 0.15) is 19.3 Å². The monoisotopic (exact) mass is 217 g/mol. The fourth-order valence-electron chi connectivity index (χ4n) is 1.36. The van der Waals surface area contributed by atoms with Crippen LogP contribution < -0.4 is 0 Å². The molecule has 0 unspecified atom stereocenters. The Bertz CT molecular complexity index is 214. The number of carboxylic acids is 1. The Balaban J connectivity index is 2.16. The SMILES string of the molecule is O=C(O)CCCC(=O)N1CCSCC1. The number of aliphatic carboxylic acids is 1. The molecule has 0 spiro atoms. The van der Waals surface area contributed by atoms with Crippen molar-refractivity contribution in [3.05, 3.63) is 0 Å². The predicted molar refractivity (Wildman–Crippen MR) is 55.4 cm³/mol. The van der Waals surface area contributed by atoms with Crippen LogP contribution in [-0.2, 0) is 9.59 Å². The summed E-state index contributed by atoms with van der Waals surface area (Å²) >= 11 is 1.86. The molecule has 0 radical (unpaired) electrons. The van der Waals surface area contributed by atoms with Crippen molar-refractivity contribution in [1.82, 2.24) is 4.90 Å². The first kappa shape index (κ1) is 11.4. The van der Waals surface area contributed by atoms with Gasteiger partial charge in [0.2, 0.25) is 5.91 Å². The lowest BCUT2D eigenvalue weighted by atomic mass is 10.2. The van der Waals surface area contributed by atoms with Gasteiger partial charge in [0, 0.05) is 37.4 Å². The van der Waals surface area contributed by atoms with Gasteiger partial charge in [0.05, 0.1) is 0 Å². The summed E-state index contributed by atoms with van der Waals surface area (Å²) in [7, 11) is 0. The smallest absolute Gasteiger partial charge is 0.303 e. The molecule has 0 aromatic heterocycles. The van der Waals surface area contributed by atoms with Gasteiger partial charge in [0.1, 0.15) is 0 Å². The molecule has 1 saturated heterocycles. The van der Waals surface area contributed by atoms with Crippen molar-refractivity contribution < 1.29 is 14.7 Å². The van der Waals surface area contributed by atoms with Gasteiger partial charge in [0.15, 0.2) is 0 Å². The van der Waals surface area contributed by atoms with Gasteiger partial charge in [-0.1, -0.05) is 0 Å². The molecule has 1 rings (SSSR count). The number of amides is 1. The molecule has 0 aromatic carbocycles. The fraction of sp³-hybridized carbons (Fsp3) is 0.778. The summed E-state index contributed by atoms with van der Waals surface area (Å²) in [6.45, 7) is 1.63. The minimum absolute atomic E-state index is 0.0916. The Labute approximate surface area is 87.7 Å². The molecule has 0 aromatic rings. The minimum atomic E-state index is -0.827. The Morgan fingerprint density at radius 3 is 2.43 bits per heavy atom. The molecule has 1 heterocycles. The van der Waals surface area contributed by atoms with E-state index in [9.17, 15) is 9.59 Å². The van der Waals surface area contributed by atoms with Gasteiger partial charge in [0.25, 0.3) is 0 Å². The lowest BCUT2D eigenvalue weighted by Gasteiger charge is -2.26. The Morgan fingerprint density at radius 1 is 1.21 bits per heavy atom. The molecule has 1 aliphatic heterocycles. The van der Waals surface area contributed by atoms with Crippen LogP contribution in [0.4, 0.5) is 0 Å². The van der Waals surface area contributed by atoms with Crippen molar-refractivity contribution in [2.45, 2.75) is 19.3 Å². The van der Waals surface area contributed by atoms with Crippen molar-refractivity contribution >= 4 is 23.6 Å². The lowest BCUT2D eigenvalue weighted by Crippen LogP contribution is -2.37. The molecule has 0 atom stereocenters. The fourth-order valence-corrected chi connectivity index (χ4v) is 2.26. The summed E-state index contributed by atoms with van der Waals surface area (Å²) < 4.78 is 0. The standard InChI is InChI=1S/C9H15NO3S/c11-8(2-1-3-9(12)13)10-4-6-14-7-5-10/h1-7H2,(H,12,13). The maximum atomic E-state index is 11.5. The highest BCUT2D eigenvalue weighted by Crippen LogP contribution is 2.11. The highest BCUT2D eigenvalue weighted by Gasteiger charge is 2.16. The third-order valence-electron chi connectivity index (χ3n) is 2.15. The average molecular weight is 217 g/mol. The van der Waals surface area contributed by atoms with Crippen molar-refractivity contribution in [2.75, 3.05) is 24.6 Å². The van der Waals surface area contributed by atoms with Gasteiger partial charge in [-0.05, 0) is 6.42 Å². The van der Waals surface area contributed by atoms with Gasteiger partial charge in [-0.3, -0.25) is 9.59 Å². The number of carbonyl (C=O) groups excluding carboxylic acids is 1. The van der Waals surface area contributed by atoms with E-state index in [-0.39, 0.29) is 12.3 Å². The van der Waals surface area contributed by atoms with E-state index in [4.69, 9.17) is 5.11 Å². The van der Waals surface area contributed by atoms with E-state index in [0.717, 1.165) is 24.6 Å². The first-order valence-corrected chi connectivity index (χ1v) is 5.93. The summed E-state index contributed by atoms with van der Waals surface area (Å²) in [5.41, 5.74) is 0. The van der Waals surface area contributed by atoms with E-state index in [1.165, 1.54) is 0 Å². The second-order valence-corrected chi connectivity index (χ2v) is 4.47. The zero-order chi connectivity index (χ0) is 10.4. The van der Waals surface area contributed by atoms with Crippen LogP contribution in [0.15, 0.2) is 0 Å². The molecule has 4 nitrogen and oxygen atoms in total. The number of nitrogens with zero attached hydrogens (tertiary/aromatic N) is 1. The first-order chi connectivity index (χ1) is 6.70. The topological polar surface area (TPSA) is 57.6 Å². The molecule has 14 heavy (non-hydrogen) atoms. The highest BCUT2D eigenvalue weighted by atomic mass is 32.2. The van der Waals surface area contributed by atoms with Crippen LogP contribution in [0.5, 0.6) is 0 Å². The maximum absolute atomic E-state index is 11.5.